The Labute approximate surface area is 227 Å². The standard InChI is InChI=1S/C30H34N4O5/c1-37-26-11-8-22(18-27(26)38-2)29-23-5-3-4-6-24(23)30(36)34(31-29)33-15-13-32(14-16-33)19-20-7-10-25-21(17-20)9-12-28(35)39-25/h7-12,17-18,23-24H,3-6,13-16,19H2,1-2H3. The molecule has 1 aromatic heterocycles. The molecule has 9 heteroatoms. The maximum absolute atomic E-state index is 13.7. The number of fused-ring (bicyclic) bond motifs is 2. The molecule has 2 aliphatic heterocycles. The molecule has 2 atom stereocenters. The van der Waals surface area contributed by atoms with Crippen molar-refractivity contribution in [2.45, 2.75) is 32.2 Å². The first-order valence-corrected chi connectivity index (χ1v) is 13.7. The van der Waals surface area contributed by atoms with Gasteiger partial charge in [-0.25, -0.2) is 4.79 Å². The summed E-state index contributed by atoms with van der Waals surface area (Å²) in [6.07, 6.45) is 4.05. The summed E-state index contributed by atoms with van der Waals surface area (Å²) >= 11 is 0. The highest BCUT2D eigenvalue weighted by atomic mass is 16.5. The van der Waals surface area contributed by atoms with E-state index >= 15 is 0 Å². The number of ether oxygens (including phenoxy) is 2. The van der Waals surface area contributed by atoms with E-state index in [4.69, 9.17) is 19.0 Å². The number of piperazine rings is 1. The zero-order chi connectivity index (χ0) is 26.9. The monoisotopic (exact) mass is 530 g/mol. The molecule has 0 spiro atoms. The van der Waals surface area contributed by atoms with Crippen LogP contribution in [-0.4, -0.2) is 67.0 Å². The van der Waals surface area contributed by atoms with Crippen molar-refractivity contribution in [3.05, 3.63) is 70.1 Å². The van der Waals surface area contributed by atoms with E-state index in [1.54, 1.807) is 25.4 Å². The number of nitrogens with zero attached hydrogens (tertiary/aromatic N) is 4. The van der Waals surface area contributed by atoms with Crippen LogP contribution in [0.5, 0.6) is 11.5 Å². The van der Waals surface area contributed by atoms with Gasteiger partial charge in [-0.2, -0.15) is 15.2 Å². The molecule has 6 rings (SSSR count). The highest BCUT2D eigenvalue weighted by molar-refractivity contribution is 6.07. The SMILES string of the molecule is COc1ccc(C2=NN(N3CCN(Cc4ccc5oc(=O)ccc5c4)CC3)C(=O)C3CCCCC23)cc1OC. The normalized spacial score (nSPS) is 22.5. The molecule has 2 unspecified atom stereocenters. The molecule has 0 bridgehead atoms. The van der Waals surface area contributed by atoms with Crippen molar-refractivity contribution in [3.63, 3.8) is 0 Å². The quantitative estimate of drug-likeness (QED) is 0.447. The van der Waals surface area contributed by atoms with E-state index in [0.717, 1.165) is 67.5 Å². The Morgan fingerprint density at radius 2 is 1.64 bits per heavy atom. The van der Waals surface area contributed by atoms with Gasteiger partial charge in [0.1, 0.15) is 5.58 Å². The summed E-state index contributed by atoms with van der Waals surface area (Å²) in [5.74, 6) is 1.54. The molecule has 0 N–H and O–H groups in total. The number of amides is 1. The Morgan fingerprint density at radius 3 is 2.41 bits per heavy atom. The molecule has 9 nitrogen and oxygen atoms in total. The molecule has 3 aliphatic rings. The predicted molar refractivity (Wildman–Crippen MR) is 148 cm³/mol. The third-order valence-corrected chi connectivity index (χ3v) is 8.22. The van der Waals surface area contributed by atoms with Gasteiger partial charge in [0, 0.05) is 61.6 Å². The van der Waals surface area contributed by atoms with Crippen LogP contribution in [0.25, 0.3) is 11.0 Å². The maximum Gasteiger partial charge on any atom is 0.336 e. The minimum Gasteiger partial charge on any atom is -0.493 e. The maximum atomic E-state index is 13.7. The summed E-state index contributed by atoms with van der Waals surface area (Å²) in [7, 11) is 3.27. The van der Waals surface area contributed by atoms with Gasteiger partial charge in [0.15, 0.2) is 11.5 Å². The third kappa shape index (κ3) is 5.04. The van der Waals surface area contributed by atoms with Crippen molar-refractivity contribution >= 4 is 22.6 Å². The minimum atomic E-state index is -0.338. The largest absolute Gasteiger partial charge is 0.493 e. The molecule has 204 valence electrons. The van der Waals surface area contributed by atoms with Crippen molar-refractivity contribution in [1.29, 1.82) is 0 Å². The van der Waals surface area contributed by atoms with Gasteiger partial charge in [-0.05, 0) is 54.8 Å². The topological polar surface area (TPSA) is 87.8 Å². The number of hydrazone groups is 1. The predicted octanol–water partition coefficient (Wildman–Crippen LogP) is 3.90. The van der Waals surface area contributed by atoms with E-state index in [1.807, 2.05) is 30.3 Å². The van der Waals surface area contributed by atoms with Crippen LogP contribution in [-0.2, 0) is 11.3 Å². The first kappa shape index (κ1) is 25.6. The van der Waals surface area contributed by atoms with E-state index in [0.29, 0.717) is 30.2 Å². The molecular weight excluding hydrogens is 496 g/mol. The second-order valence-corrected chi connectivity index (χ2v) is 10.5. The number of carbonyl (C=O) groups excluding carboxylic acids is 1. The van der Waals surface area contributed by atoms with Crippen LogP contribution in [0, 0.1) is 11.8 Å². The number of hydrogen-bond acceptors (Lipinski definition) is 8. The van der Waals surface area contributed by atoms with Crippen molar-refractivity contribution in [1.82, 2.24) is 15.0 Å². The molecule has 0 radical (unpaired) electrons. The van der Waals surface area contributed by atoms with Crippen LogP contribution in [0.2, 0.25) is 0 Å². The van der Waals surface area contributed by atoms with Crippen LogP contribution in [0.4, 0.5) is 0 Å². The van der Waals surface area contributed by atoms with Crippen molar-refractivity contribution in [3.8, 4) is 11.5 Å². The number of hydrazine groups is 1. The Kier molecular flexibility index (Phi) is 7.10. The van der Waals surface area contributed by atoms with Crippen LogP contribution in [0.1, 0.15) is 36.8 Å². The van der Waals surface area contributed by atoms with Crippen molar-refractivity contribution < 1.29 is 18.7 Å². The average molecular weight is 531 g/mol. The van der Waals surface area contributed by atoms with E-state index in [-0.39, 0.29) is 23.4 Å². The van der Waals surface area contributed by atoms with Crippen LogP contribution in [0.15, 0.2) is 62.8 Å². The molecule has 1 saturated heterocycles. The lowest BCUT2D eigenvalue weighted by atomic mass is 9.73. The summed E-state index contributed by atoms with van der Waals surface area (Å²) < 4.78 is 16.3. The number of hydrogen-bond donors (Lipinski definition) is 0. The summed E-state index contributed by atoms with van der Waals surface area (Å²) in [5, 5.41) is 9.68. The van der Waals surface area contributed by atoms with Gasteiger partial charge in [0.2, 0.25) is 0 Å². The number of methoxy groups -OCH3 is 2. The zero-order valence-corrected chi connectivity index (χ0v) is 22.5. The molecular formula is C30H34N4O5. The molecule has 2 fully saturated rings. The Hall–Kier alpha value is -3.69. The molecule has 3 heterocycles. The van der Waals surface area contributed by atoms with E-state index in [2.05, 4.69) is 16.0 Å². The Bertz CT molecular complexity index is 1460. The summed E-state index contributed by atoms with van der Waals surface area (Å²) in [4.78, 5) is 27.5. The number of rotatable bonds is 6. The zero-order valence-electron chi connectivity index (χ0n) is 22.5. The fourth-order valence-corrected chi connectivity index (χ4v) is 6.16. The van der Waals surface area contributed by atoms with Gasteiger partial charge in [-0.3, -0.25) is 9.69 Å². The second-order valence-electron chi connectivity index (χ2n) is 10.5. The van der Waals surface area contributed by atoms with Gasteiger partial charge < -0.3 is 13.9 Å². The molecule has 1 aliphatic carbocycles. The molecule has 2 aromatic carbocycles. The highest BCUT2D eigenvalue weighted by Crippen LogP contribution is 2.39. The molecule has 1 saturated carbocycles. The van der Waals surface area contributed by atoms with E-state index < -0.39 is 0 Å². The lowest BCUT2D eigenvalue weighted by Crippen LogP contribution is -2.58. The molecule has 3 aromatic rings. The minimum absolute atomic E-state index is 0.0463. The fraction of sp³-hybridized carbons (Fsp3) is 0.433. The van der Waals surface area contributed by atoms with E-state index in [9.17, 15) is 9.59 Å². The van der Waals surface area contributed by atoms with Gasteiger partial charge in [-0.1, -0.05) is 18.9 Å². The van der Waals surface area contributed by atoms with Gasteiger partial charge >= 0.3 is 5.63 Å². The molecule has 1 amide bonds. The average Bonchev–Trinajstić information content (AvgIpc) is 2.98. The Balaban J connectivity index is 1.20. The van der Waals surface area contributed by atoms with E-state index in [1.165, 1.54) is 6.07 Å². The van der Waals surface area contributed by atoms with Crippen LogP contribution in [0.3, 0.4) is 0 Å². The number of benzene rings is 2. The summed E-state index contributed by atoms with van der Waals surface area (Å²) in [6.45, 7) is 3.87. The summed E-state index contributed by atoms with van der Waals surface area (Å²) in [6, 6.07) is 15.1. The van der Waals surface area contributed by atoms with Crippen LogP contribution >= 0.6 is 0 Å². The van der Waals surface area contributed by atoms with Crippen molar-refractivity contribution in [2.75, 3.05) is 40.4 Å². The van der Waals surface area contributed by atoms with Gasteiger partial charge in [0.05, 0.1) is 19.9 Å². The van der Waals surface area contributed by atoms with Crippen molar-refractivity contribution in [2.24, 2.45) is 16.9 Å². The third-order valence-electron chi connectivity index (χ3n) is 8.22. The van der Waals surface area contributed by atoms with Gasteiger partial charge in [0.25, 0.3) is 5.91 Å². The first-order chi connectivity index (χ1) is 19.0. The fourth-order valence-electron chi connectivity index (χ4n) is 6.16. The summed E-state index contributed by atoms with van der Waals surface area (Å²) in [5.41, 5.74) is 3.37. The first-order valence-electron chi connectivity index (χ1n) is 13.7. The molecule has 39 heavy (non-hydrogen) atoms. The lowest BCUT2D eigenvalue weighted by Gasteiger charge is -2.44. The van der Waals surface area contributed by atoms with Gasteiger partial charge in [-0.15, -0.1) is 0 Å². The second kappa shape index (κ2) is 10.8. The van der Waals surface area contributed by atoms with Crippen LogP contribution < -0.4 is 15.1 Å². The number of carbonyl (C=O) groups is 1. The smallest absolute Gasteiger partial charge is 0.336 e. The lowest BCUT2D eigenvalue weighted by molar-refractivity contribution is -0.162. The highest BCUT2D eigenvalue weighted by Gasteiger charge is 2.43. The Morgan fingerprint density at radius 1 is 0.872 bits per heavy atom.